The number of ketones is 1. The van der Waals surface area contributed by atoms with Gasteiger partial charge in [-0.1, -0.05) is 51.1 Å². The SMILES string of the molecule is CCC(=O)[C@@H](C(C)C)N(C)C(=O)N(C)/N=C/c1ccccc1. The number of hydrogen-bond donors (Lipinski definition) is 0. The van der Waals surface area contributed by atoms with E-state index in [4.69, 9.17) is 0 Å². The van der Waals surface area contributed by atoms with Gasteiger partial charge in [0.15, 0.2) is 5.78 Å². The number of urea groups is 1. The molecule has 0 radical (unpaired) electrons. The molecule has 22 heavy (non-hydrogen) atoms. The normalized spacial score (nSPS) is 12.5. The van der Waals surface area contributed by atoms with Crippen LogP contribution in [0.4, 0.5) is 4.79 Å². The molecule has 0 aromatic heterocycles. The lowest BCUT2D eigenvalue weighted by molar-refractivity contribution is -0.124. The van der Waals surface area contributed by atoms with Crippen LogP contribution in [-0.4, -0.2) is 48.1 Å². The molecule has 1 rings (SSSR count). The zero-order valence-electron chi connectivity index (χ0n) is 14.0. The molecule has 0 aliphatic rings. The number of rotatable bonds is 6. The van der Waals surface area contributed by atoms with Crippen LogP contribution in [0.1, 0.15) is 32.8 Å². The highest BCUT2D eigenvalue weighted by molar-refractivity contribution is 5.89. The summed E-state index contributed by atoms with van der Waals surface area (Å²) in [6, 6.07) is 8.82. The van der Waals surface area contributed by atoms with Crippen molar-refractivity contribution < 1.29 is 9.59 Å². The van der Waals surface area contributed by atoms with E-state index >= 15 is 0 Å². The maximum Gasteiger partial charge on any atom is 0.340 e. The molecule has 120 valence electrons. The largest absolute Gasteiger partial charge is 0.340 e. The summed E-state index contributed by atoms with van der Waals surface area (Å²) in [5.41, 5.74) is 0.912. The molecule has 5 heteroatoms. The number of likely N-dealkylation sites (N-methyl/N-ethyl adjacent to an activating group) is 1. The van der Waals surface area contributed by atoms with Crippen molar-refractivity contribution in [3.05, 3.63) is 35.9 Å². The number of carbonyl (C=O) groups is 2. The van der Waals surface area contributed by atoms with E-state index in [1.807, 2.05) is 51.1 Å². The molecule has 0 unspecified atom stereocenters. The Morgan fingerprint density at radius 1 is 1.18 bits per heavy atom. The third kappa shape index (κ3) is 4.69. The molecule has 5 nitrogen and oxygen atoms in total. The van der Waals surface area contributed by atoms with Gasteiger partial charge in [-0.25, -0.2) is 9.80 Å². The Labute approximate surface area is 132 Å². The molecule has 0 aliphatic carbocycles. The molecule has 0 fully saturated rings. The Kier molecular flexibility index (Phi) is 6.76. The van der Waals surface area contributed by atoms with Crippen molar-refractivity contribution in [1.29, 1.82) is 0 Å². The lowest BCUT2D eigenvalue weighted by Crippen LogP contribution is -2.49. The van der Waals surface area contributed by atoms with Crippen LogP contribution in [-0.2, 0) is 4.79 Å². The minimum atomic E-state index is -0.424. The number of carbonyl (C=O) groups excluding carboxylic acids is 2. The fraction of sp³-hybridized carbons (Fsp3) is 0.471. The van der Waals surface area contributed by atoms with Crippen molar-refractivity contribution in [1.82, 2.24) is 9.91 Å². The van der Waals surface area contributed by atoms with Crippen LogP contribution < -0.4 is 0 Å². The Balaban J connectivity index is 2.80. The van der Waals surface area contributed by atoms with E-state index in [0.29, 0.717) is 6.42 Å². The van der Waals surface area contributed by atoms with Crippen LogP contribution in [0.5, 0.6) is 0 Å². The van der Waals surface area contributed by atoms with Gasteiger partial charge in [-0.3, -0.25) is 4.79 Å². The summed E-state index contributed by atoms with van der Waals surface area (Å²) >= 11 is 0. The second kappa shape index (κ2) is 8.32. The second-order valence-corrected chi connectivity index (χ2v) is 5.58. The Bertz CT molecular complexity index is 526. The standard InChI is InChI=1S/C17H25N3O2/c1-6-15(21)16(13(2)3)19(4)17(22)20(5)18-12-14-10-8-7-9-11-14/h7-13,16H,6H2,1-5H3/b18-12+/t16-/m1/s1. The van der Waals surface area contributed by atoms with Gasteiger partial charge in [0.25, 0.3) is 0 Å². The lowest BCUT2D eigenvalue weighted by Gasteiger charge is -2.31. The molecule has 1 aromatic rings. The molecule has 0 bridgehead atoms. The van der Waals surface area contributed by atoms with Gasteiger partial charge in [0.1, 0.15) is 0 Å². The number of amides is 2. The summed E-state index contributed by atoms with van der Waals surface area (Å²) in [7, 11) is 3.24. The topological polar surface area (TPSA) is 53.0 Å². The first-order valence-corrected chi connectivity index (χ1v) is 7.50. The van der Waals surface area contributed by atoms with Gasteiger partial charge in [0.05, 0.1) is 12.3 Å². The van der Waals surface area contributed by atoms with Gasteiger partial charge in [-0.15, -0.1) is 0 Å². The third-order valence-electron chi connectivity index (χ3n) is 3.49. The van der Waals surface area contributed by atoms with Crippen LogP contribution >= 0.6 is 0 Å². The maximum atomic E-state index is 12.4. The van der Waals surface area contributed by atoms with Crippen molar-refractivity contribution in [2.24, 2.45) is 11.0 Å². The molecule has 0 N–H and O–H groups in total. The van der Waals surface area contributed by atoms with Crippen molar-refractivity contribution in [2.75, 3.05) is 14.1 Å². The first kappa shape index (κ1) is 17.9. The van der Waals surface area contributed by atoms with Crippen LogP contribution in [0.2, 0.25) is 0 Å². The van der Waals surface area contributed by atoms with E-state index in [-0.39, 0.29) is 17.7 Å². The van der Waals surface area contributed by atoms with Gasteiger partial charge >= 0.3 is 6.03 Å². The summed E-state index contributed by atoms with van der Waals surface area (Å²) < 4.78 is 0. The molecule has 1 aromatic carbocycles. The molecular weight excluding hydrogens is 278 g/mol. The number of nitrogens with zero attached hydrogens (tertiary/aromatic N) is 3. The molecular formula is C17H25N3O2. The minimum Gasteiger partial charge on any atom is -0.316 e. The Hall–Kier alpha value is -2.17. The number of hydrogen-bond acceptors (Lipinski definition) is 3. The average Bonchev–Trinajstić information content (AvgIpc) is 2.52. The average molecular weight is 303 g/mol. The Morgan fingerprint density at radius 3 is 2.27 bits per heavy atom. The Morgan fingerprint density at radius 2 is 1.77 bits per heavy atom. The third-order valence-corrected chi connectivity index (χ3v) is 3.49. The van der Waals surface area contributed by atoms with E-state index in [2.05, 4.69) is 5.10 Å². The van der Waals surface area contributed by atoms with E-state index in [1.54, 1.807) is 20.3 Å². The van der Waals surface area contributed by atoms with Gasteiger partial charge in [-0.2, -0.15) is 5.10 Å². The van der Waals surface area contributed by atoms with Crippen molar-refractivity contribution >= 4 is 18.0 Å². The minimum absolute atomic E-state index is 0.0614. The highest BCUT2D eigenvalue weighted by atomic mass is 16.2. The predicted molar refractivity (Wildman–Crippen MR) is 88.9 cm³/mol. The first-order valence-electron chi connectivity index (χ1n) is 7.50. The van der Waals surface area contributed by atoms with E-state index in [0.717, 1.165) is 5.56 Å². The number of benzene rings is 1. The molecule has 0 heterocycles. The fourth-order valence-corrected chi connectivity index (χ4v) is 2.33. The van der Waals surface area contributed by atoms with Crippen LogP contribution in [0, 0.1) is 5.92 Å². The molecule has 1 atom stereocenters. The summed E-state index contributed by atoms with van der Waals surface area (Å²) in [5.74, 6) is 0.124. The maximum absolute atomic E-state index is 12.4. The van der Waals surface area contributed by atoms with E-state index in [1.165, 1.54) is 9.91 Å². The lowest BCUT2D eigenvalue weighted by atomic mass is 9.97. The summed E-state index contributed by atoms with van der Waals surface area (Å²) in [5, 5.41) is 5.40. The number of Topliss-reactive ketones (excluding diaryl/α,β-unsaturated/α-hetero) is 1. The smallest absolute Gasteiger partial charge is 0.316 e. The zero-order valence-corrected chi connectivity index (χ0v) is 14.0. The van der Waals surface area contributed by atoms with Crippen molar-refractivity contribution in [3.63, 3.8) is 0 Å². The molecule has 0 saturated carbocycles. The van der Waals surface area contributed by atoms with Crippen LogP contribution in [0.3, 0.4) is 0 Å². The number of hydrazone groups is 1. The van der Waals surface area contributed by atoms with Crippen LogP contribution in [0.15, 0.2) is 35.4 Å². The zero-order chi connectivity index (χ0) is 16.7. The quantitative estimate of drug-likeness (QED) is 0.599. The molecule has 0 aliphatic heterocycles. The molecule has 2 amide bonds. The summed E-state index contributed by atoms with van der Waals surface area (Å²) in [6.45, 7) is 5.69. The summed E-state index contributed by atoms with van der Waals surface area (Å²) in [4.78, 5) is 25.9. The van der Waals surface area contributed by atoms with Gasteiger partial charge in [0, 0.05) is 20.5 Å². The molecule has 0 saturated heterocycles. The van der Waals surface area contributed by atoms with Gasteiger partial charge < -0.3 is 4.90 Å². The van der Waals surface area contributed by atoms with Crippen molar-refractivity contribution in [3.8, 4) is 0 Å². The highest BCUT2D eigenvalue weighted by Crippen LogP contribution is 2.14. The first-order chi connectivity index (χ1) is 10.4. The van der Waals surface area contributed by atoms with E-state index in [9.17, 15) is 9.59 Å². The van der Waals surface area contributed by atoms with Crippen molar-refractivity contribution in [2.45, 2.75) is 33.2 Å². The fourth-order valence-electron chi connectivity index (χ4n) is 2.33. The van der Waals surface area contributed by atoms with Gasteiger partial charge in [0.2, 0.25) is 0 Å². The predicted octanol–water partition coefficient (Wildman–Crippen LogP) is 3.01. The summed E-state index contributed by atoms with van der Waals surface area (Å²) in [6.07, 6.45) is 2.04. The second-order valence-electron chi connectivity index (χ2n) is 5.58. The van der Waals surface area contributed by atoms with Crippen LogP contribution in [0.25, 0.3) is 0 Å². The monoisotopic (exact) mass is 303 g/mol. The van der Waals surface area contributed by atoms with Gasteiger partial charge in [-0.05, 0) is 11.5 Å². The molecule has 0 spiro atoms. The van der Waals surface area contributed by atoms with E-state index < -0.39 is 6.04 Å². The highest BCUT2D eigenvalue weighted by Gasteiger charge is 2.29.